The number of aliphatic imine (C=N–C) groups is 1. The molecular weight excluding hydrogens is 384 g/mol. The summed E-state index contributed by atoms with van der Waals surface area (Å²) in [5.74, 6) is -0.420. The van der Waals surface area contributed by atoms with Gasteiger partial charge >= 0.3 is 5.97 Å². The third-order valence-electron chi connectivity index (χ3n) is 5.01. The number of benzene rings is 2. The van der Waals surface area contributed by atoms with Gasteiger partial charge in [-0.05, 0) is 23.6 Å². The lowest BCUT2D eigenvalue weighted by atomic mass is 9.93. The molecule has 0 amide bonds. The van der Waals surface area contributed by atoms with Crippen LogP contribution in [0.5, 0.6) is 0 Å². The summed E-state index contributed by atoms with van der Waals surface area (Å²) in [6.45, 7) is 1.97. The molecule has 6 heteroatoms. The highest BCUT2D eigenvalue weighted by Gasteiger charge is 2.45. The van der Waals surface area contributed by atoms with E-state index in [0.29, 0.717) is 22.9 Å². The van der Waals surface area contributed by atoms with Gasteiger partial charge in [-0.2, -0.15) is 0 Å². The number of nitrogens with zero attached hydrogens (tertiary/aromatic N) is 2. The second-order valence-electron chi connectivity index (χ2n) is 6.75. The largest absolute Gasteiger partial charge is 0.466 e. The molecule has 5 nitrogen and oxygen atoms in total. The molecule has 4 rings (SSSR count). The van der Waals surface area contributed by atoms with Gasteiger partial charge in [-0.15, -0.1) is 0 Å². The van der Waals surface area contributed by atoms with Gasteiger partial charge in [0.15, 0.2) is 11.4 Å². The van der Waals surface area contributed by atoms with Crippen molar-refractivity contribution in [1.29, 1.82) is 0 Å². The van der Waals surface area contributed by atoms with Crippen LogP contribution in [0.3, 0.4) is 0 Å². The van der Waals surface area contributed by atoms with Crippen molar-refractivity contribution in [2.45, 2.75) is 25.6 Å². The van der Waals surface area contributed by atoms with Crippen LogP contribution in [0.15, 0.2) is 81.8 Å². The van der Waals surface area contributed by atoms with E-state index in [1.54, 1.807) is 4.90 Å². The highest BCUT2D eigenvalue weighted by molar-refractivity contribution is 8.17. The Balaban J connectivity index is 1.83. The van der Waals surface area contributed by atoms with Crippen LogP contribution in [0, 0.1) is 0 Å². The number of carbonyl (C=O) groups excluding carboxylic acids is 1. The number of allylic oxidation sites excluding steroid dienone is 1. The fourth-order valence-electron chi connectivity index (χ4n) is 3.65. The molecule has 0 saturated carbocycles. The van der Waals surface area contributed by atoms with E-state index < -0.39 is 18.2 Å². The number of hydrogen-bond donors (Lipinski definition) is 1. The molecule has 0 aliphatic carbocycles. The third kappa shape index (κ3) is 3.61. The smallest absolute Gasteiger partial charge is 0.338 e. The van der Waals surface area contributed by atoms with Gasteiger partial charge in [0.25, 0.3) is 0 Å². The van der Waals surface area contributed by atoms with Crippen LogP contribution in [0.4, 0.5) is 0 Å². The molecule has 0 bridgehead atoms. The minimum atomic E-state index is -0.901. The van der Waals surface area contributed by atoms with Gasteiger partial charge in [0.05, 0.1) is 24.4 Å². The second-order valence-corrected chi connectivity index (χ2v) is 7.79. The number of hydrogen-bond acceptors (Lipinski definition) is 6. The lowest BCUT2D eigenvalue weighted by Crippen LogP contribution is -2.41. The summed E-state index contributed by atoms with van der Waals surface area (Å²) in [7, 11) is 1.37. The zero-order valence-electron chi connectivity index (χ0n) is 16.3. The van der Waals surface area contributed by atoms with Gasteiger partial charge in [-0.25, -0.2) is 9.79 Å². The van der Waals surface area contributed by atoms with Crippen LogP contribution in [-0.2, 0) is 9.53 Å². The predicted octanol–water partition coefficient (Wildman–Crippen LogP) is 4.34. The van der Waals surface area contributed by atoms with Crippen LogP contribution < -0.4 is 0 Å². The summed E-state index contributed by atoms with van der Waals surface area (Å²) in [4.78, 5) is 20.0. The molecule has 1 fully saturated rings. The van der Waals surface area contributed by atoms with Crippen LogP contribution >= 0.6 is 11.8 Å². The van der Waals surface area contributed by atoms with E-state index in [2.05, 4.69) is 0 Å². The molecule has 2 aromatic carbocycles. The minimum Gasteiger partial charge on any atom is -0.466 e. The molecule has 2 aliphatic heterocycles. The predicted molar refractivity (Wildman–Crippen MR) is 116 cm³/mol. The Kier molecular flexibility index (Phi) is 5.56. The van der Waals surface area contributed by atoms with E-state index in [-0.39, 0.29) is 0 Å². The monoisotopic (exact) mass is 406 g/mol. The summed E-state index contributed by atoms with van der Waals surface area (Å²) in [6.07, 6.45) is 1.66. The number of thioether (sulfide) groups is 1. The molecule has 2 unspecified atom stereocenters. The van der Waals surface area contributed by atoms with E-state index in [9.17, 15) is 9.90 Å². The lowest BCUT2D eigenvalue weighted by molar-refractivity contribution is -0.137. The number of fused-ring (bicyclic) bond motifs is 1. The molecule has 0 spiro atoms. The Hall–Kier alpha value is -2.83. The number of amidine groups is 1. The van der Waals surface area contributed by atoms with Gasteiger partial charge in [0, 0.05) is 4.91 Å². The number of methoxy groups -OCH3 is 1. The van der Waals surface area contributed by atoms with Gasteiger partial charge in [0.2, 0.25) is 0 Å². The quantitative estimate of drug-likeness (QED) is 0.765. The van der Waals surface area contributed by atoms with Crippen molar-refractivity contribution in [2.75, 3.05) is 7.11 Å². The highest BCUT2D eigenvalue weighted by atomic mass is 32.2. The maximum atomic E-state index is 12.7. The standard InChI is InChI=1S/C23H22N2O3S/c1-3-17-19(22(27)28-2)20(16-12-8-5-9-13-16)25-21(26)18(29-23(25)24-17)14-15-10-6-4-7-11-15/h4-14,20-21,26H,3H2,1-2H3/b18-14+. The van der Waals surface area contributed by atoms with Gasteiger partial charge < -0.3 is 14.7 Å². The van der Waals surface area contributed by atoms with E-state index in [1.165, 1.54) is 18.9 Å². The number of aliphatic hydroxyl groups is 1. The Labute approximate surface area is 174 Å². The van der Waals surface area contributed by atoms with Crippen molar-refractivity contribution < 1.29 is 14.6 Å². The topological polar surface area (TPSA) is 62.1 Å². The SMILES string of the molecule is CCC1=C(C(=O)OC)C(c2ccccc2)N2C(=N1)S/C(=C/c1ccccc1)C2O. The summed E-state index contributed by atoms with van der Waals surface area (Å²) >= 11 is 1.44. The van der Waals surface area contributed by atoms with Gasteiger partial charge in [-0.3, -0.25) is 0 Å². The lowest BCUT2D eigenvalue weighted by Gasteiger charge is -2.36. The number of rotatable bonds is 4. The maximum Gasteiger partial charge on any atom is 0.338 e. The first-order valence-electron chi connectivity index (χ1n) is 9.50. The van der Waals surface area contributed by atoms with Crippen molar-refractivity contribution in [1.82, 2.24) is 4.90 Å². The first-order chi connectivity index (χ1) is 14.1. The van der Waals surface area contributed by atoms with Crippen LogP contribution in [0.25, 0.3) is 6.08 Å². The van der Waals surface area contributed by atoms with Gasteiger partial charge in [0.1, 0.15) is 0 Å². The highest BCUT2D eigenvalue weighted by Crippen LogP contribution is 2.47. The van der Waals surface area contributed by atoms with E-state index >= 15 is 0 Å². The van der Waals surface area contributed by atoms with E-state index in [1.807, 2.05) is 73.7 Å². The fraction of sp³-hybridized carbons (Fsp3) is 0.217. The number of aliphatic hydroxyl groups excluding tert-OH is 1. The fourth-order valence-corrected chi connectivity index (χ4v) is 4.74. The number of carbonyl (C=O) groups is 1. The molecule has 2 atom stereocenters. The van der Waals surface area contributed by atoms with Crippen molar-refractivity contribution in [3.8, 4) is 0 Å². The van der Waals surface area contributed by atoms with E-state index in [4.69, 9.17) is 9.73 Å². The first-order valence-corrected chi connectivity index (χ1v) is 10.3. The van der Waals surface area contributed by atoms with Gasteiger partial charge in [-0.1, -0.05) is 79.3 Å². The molecule has 29 heavy (non-hydrogen) atoms. The van der Waals surface area contributed by atoms with Crippen LogP contribution in [0.1, 0.15) is 30.5 Å². The molecule has 2 heterocycles. The molecule has 0 radical (unpaired) electrons. The van der Waals surface area contributed by atoms with Crippen molar-refractivity contribution in [2.24, 2.45) is 4.99 Å². The van der Waals surface area contributed by atoms with Crippen molar-refractivity contribution >= 4 is 29.0 Å². The molecule has 0 aromatic heterocycles. The van der Waals surface area contributed by atoms with Crippen LogP contribution in [0.2, 0.25) is 0 Å². The Morgan fingerprint density at radius 1 is 1.17 bits per heavy atom. The normalized spacial score (nSPS) is 22.5. The molecule has 2 aliphatic rings. The Morgan fingerprint density at radius 2 is 1.83 bits per heavy atom. The Morgan fingerprint density at radius 3 is 2.45 bits per heavy atom. The number of ether oxygens (including phenoxy) is 1. The summed E-state index contributed by atoms with van der Waals surface area (Å²) in [5, 5.41) is 11.9. The van der Waals surface area contributed by atoms with Crippen molar-refractivity contribution in [3.05, 3.63) is 88.0 Å². The maximum absolute atomic E-state index is 12.7. The molecular formula is C23H22N2O3S. The van der Waals surface area contributed by atoms with E-state index in [0.717, 1.165) is 16.0 Å². The Bertz CT molecular complexity index is 999. The first kappa shape index (κ1) is 19.5. The zero-order chi connectivity index (χ0) is 20.4. The molecule has 1 N–H and O–H groups in total. The summed E-state index contributed by atoms with van der Waals surface area (Å²) in [6, 6.07) is 19.1. The summed E-state index contributed by atoms with van der Waals surface area (Å²) < 4.78 is 5.08. The second kappa shape index (κ2) is 8.27. The molecule has 1 saturated heterocycles. The third-order valence-corrected chi connectivity index (χ3v) is 6.05. The molecule has 148 valence electrons. The van der Waals surface area contributed by atoms with Crippen LogP contribution in [-0.4, -0.2) is 34.5 Å². The average Bonchev–Trinajstić information content (AvgIpc) is 3.08. The molecule has 2 aromatic rings. The zero-order valence-corrected chi connectivity index (χ0v) is 17.1. The number of esters is 1. The average molecular weight is 407 g/mol. The summed E-state index contributed by atoms with van der Waals surface area (Å²) in [5.41, 5.74) is 3.08. The van der Waals surface area contributed by atoms with Crippen molar-refractivity contribution in [3.63, 3.8) is 0 Å². The minimum absolute atomic E-state index is 0.420.